The second-order valence-electron chi connectivity index (χ2n) is 3.19. The molecule has 0 saturated carbocycles. The van der Waals surface area contributed by atoms with Crippen LogP contribution in [0, 0.1) is 11.3 Å². The number of nitriles is 1. The van der Waals surface area contributed by atoms with Crippen LogP contribution in [0.3, 0.4) is 0 Å². The van der Waals surface area contributed by atoms with Gasteiger partial charge in [-0.15, -0.1) is 0 Å². The predicted octanol–water partition coefficient (Wildman–Crippen LogP) is 1.23. The SMILES string of the molecule is N#Cc1ccccc1[C@H]1C[N]CCO1. The molecule has 0 N–H and O–H groups in total. The number of nitrogens with zero attached hydrogens (tertiary/aromatic N) is 2. The Morgan fingerprint density at radius 1 is 1.43 bits per heavy atom. The molecule has 0 amide bonds. The number of morpholine rings is 1. The number of rotatable bonds is 1. The quantitative estimate of drug-likeness (QED) is 0.664. The molecule has 1 heterocycles. The van der Waals surface area contributed by atoms with E-state index in [-0.39, 0.29) is 6.10 Å². The maximum atomic E-state index is 8.91. The maximum Gasteiger partial charge on any atom is 0.0995 e. The lowest BCUT2D eigenvalue weighted by atomic mass is 10.0. The first-order valence-corrected chi connectivity index (χ1v) is 4.65. The van der Waals surface area contributed by atoms with E-state index in [1.165, 1.54) is 0 Å². The van der Waals surface area contributed by atoms with Gasteiger partial charge in [-0.25, -0.2) is 5.32 Å². The van der Waals surface area contributed by atoms with Crippen LogP contribution in [0.2, 0.25) is 0 Å². The van der Waals surface area contributed by atoms with Crippen molar-refractivity contribution in [1.82, 2.24) is 5.32 Å². The van der Waals surface area contributed by atoms with Crippen molar-refractivity contribution >= 4 is 0 Å². The van der Waals surface area contributed by atoms with Gasteiger partial charge < -0.3 is 4.74 Å². The summed E-state index contributed by atoms with van der Waals surface area (Å²) in [6.45, 7) is 2.09. The van der Waals surface area contributed by atoms with Crippen molar-refractivity contribution in [3.05, 3.63) is 35.4 Å². The van der Waals surface area contributed by atoms with E-state index in [2.05, 4.69) is 11.4 Å². The van der Waals surface area contributed by atoms with Gasteiger partial charge in [-0.1, -0.05) is 18.2 Å². The lowest BCUT2D eigenvalue weighted by Crippen LogP contribution is -2.28. The number of hydrogen-bond acceptors (Lipinski definition) is 2. The molecule has 2 rings (SSSR count). The van der Waals surface area contributed by atoms with Crippen molar-refractivity contribution in [2.24, 2.45) is 0 Å². The van der Waals surface area contributed by atoms with Gasteiger partial charge in [-0.3, -0.25) is 0 Å². The molecule has 1 atom stereocenters. The Balaban J connectivity index is 2.26. The Kier molecular flexibility index (Phi) is 2.78. The molecule has 3 heteroatoms. The summed E-state index contributed by atoms with van der Waals surface area (Å²) in [5.41, 5.74) is 1.65. The van der Waals surface area contributed by atoms with Crippen molar-refractivity contribution in [2.45, 2.75) is 6.10 Å². The van der Waals surface area contributed by atoms with Crippen molar-refractivity contribution < 1.29 is 4.74 Å². The third-order valence-corrected chi connectivity index (χ3v) is 2.29. The average molecular weight is 187 g/mol. The predicted molar refractivity (Wildman–Crippen MR) is 51.7 cm³/mol. The third-order valence-electron chi connectivity index (χ3n) is 2.29. The number of hydrogen-bond donors (Lipinski definition) is 0. The fourth-order valence-electron chi connectivity index (χ4n) is 1.59. The molecular formula is C11H11N2O. The highest BCUT2D eigenvalue weighted by Crippen LogP contribution is 2.22. The molecule has 14 heavy (non-hydrogen) atoms. The van der Waals surface area contributed by atoms with E-state index in [9.17, 15) is 0 Å². The minimum atomic E-state index is -0.0281. The minimum Gasteiger partial charge on any atom is -0.371 e. The Hall–Kier alpha value is -1.37. The molecule has 71 valence electrons. The fraction of sp³-hybridized carbons (Fsp3) is 0.364. The van der Waals surface area contributed by atoms with E-state index in [0.29, 0.717) is 18.7 Å². The molecule has 1 aromatic rings. The van der Waals surface area contributed by atoms with E-state index in [4.69, 9.17) is 10.00 Å². The zero-order valence-corrected chi connectivity index (χ0v) is 7.81. The van der Waals surface area contributed by atoms with Crippen LogP contribution in [0.4, 0.5) is 0 Å². The normalized spacial score (nSPS) is 21.5. The molecule has 1 aromatic carbocycles. The van der Waals surface area contributed by atoms with E-state index in [0.717, 1.165) is 12.1 Å². The monoisotopic (exact) mass is 187 g/mol. The van der Waals surface area contributed by atoms with Crippen LogP contribution in [0.1, 0.15) is 17.2 Å². The fourth-order valence-corrected chi connectivity index (χ4v) is 1.59. The van der Waals surface area contributed by atoms with Crippen LogP contribution in [-0.4, -0.2) is 19.7 Å². The summed E-state index contributed by atoms with van der Waals surface area (Å²) in [6, 6.07) is 9.71. The van der Waals surface area contributed by atoms with Crippen LogP contribution >= 0.6 is 0 Å². The molecule has 3 nitrogen and oxygen atoms in total. The molecule has 1 aliphatic rings. The lowest BCUT2D eigenvalue weighted by molar-refractivity contribution is 0.0259. The van der Waals surface area contributed by atoms with Crippen molar-refractivity contribution in [2.75, 3.05) is 19.7 Å². The topological polar surface area (TPSA) is 47.1 Å². The Morgan fingerprint density at radius 2 is 2.29 bits per heavy atom. The van der Waals surface area contributed by atoms with E-state index < -0.39 is 0 Å². The lowest BCUT2D eigenvalue weighted by Gasteiger charge is -2.23. The van der Waals surface area contributed by atoms with Crippen LogP contribution in [0.15, 0.2) is 24.3 Å². The molecule has 1 aliphatic heterocycles. The second kappa shape index (κ2) is 4.23. The first-order chi connectivity index (χ1) is 6.92. The van der Waals surface area contributed by atoms with Gasteiger partial charge in [0, 0.05) is 13.1 Å². The van der Waals surface area contributed by atoms with E-state index >= 15 is 0 Å². The first kappa shape index (κ1) is 9.20. The van der Waals surface area contributed by atoms with Gasteiger partial charge in [0.25, 0.3) is 0 Å². The Labute approximate surface area is 83.3 Å². The highest BCUT2D eigenvalue weighted by atomic mass is 16.5. The van der Waals surface area contributed by atoms with Crippen LogP contribution in [0.25, 0.3) is 0 Å². The van der Waals surface area contributed by atoms with E-state index in [1.54, 1.807) is 0 Å². The highest BCUT2D eigenvalue weighted by molar-refractivity contribution is 5.39. The molecule has 0 unspecified atom stereocenters. The first-order valence-electron chi connectivity index (χ1n) is 4.65. The maximum absolute atomic E-state index is 8.91. The van der Waals surface area contributed by atoms with Gasteiger partial charge in [-0.2, -0.15) is 5.26 Å². The zero-order valence-electron chi connectivity index (χ0n) is 7.81. The summed E-state index contributed by atoms with van der Waals surface area (Å²) in [4.78, 5) is 0. The standard InChI is InChI=1S/C11H11N2O/c12-7-9-3-1-2-4-10(9)11-8-13-5-6-14-11/h1-4,11H,5-6,8H2/t11-/m1/s1. The van der Waals surface area contributed by atoms with Crippen LogP contribution in [-0.2, 0) is 4.74 Å². The molecule has 0 aromatic heterocycles. The molecule has 0 spiro atoms. The zero-order chi connectivity index (χ0) is 9.80. The van der Waals surface area contributed by atoms with Gasteiger partial charge in [-0.05, 0) is 11.6 Å². The summed E-state index contributed by atoms with van der Waals surface area (Å²) >= 11 is 0. The van der Waals surface area contributed by atoms with E-state index in [1.807, 2.05) is 24.3 Å². The minimum absolute atomic E-state index is 0.0281. The summed E-state index contributed by atoms with van der Waals surface area (Å²) in [7, 11) is 0. The summed E-state index contributed by atoms with van der Waals surface area (Å²) in [6.07, 6.45) is -0.0281. The highest BCUT2D eigenvalue weighted by Gasteiger charge is 2.18. The number of ether oxygens (including phenoxy) is 1. The summed E-state index contributed by atoms with van der Waals surface area (Å²) in [5.74, 6) is 0. The van der Waals surface area contributed by atoms with Gasteiger partial charge in [0.1, 0.15) is 0 Å². The van der Waals surface area contributed by atoms with Crippen molar-refractivity contribution in [3.63, 3.8) is 0 Å². The van der Waals surface area contributed by atoms with Gasteiger partial charge in [0.15, 0.2) is 0 Å². The van der Waals surface area contributed by atoms with Crippen molar-refractivity contribution in [3.8, 4) is 6.07 Å². The molecular weight excluding hydrogens is 176 g/mol. The molecule has 0 bridgehead atoms. The molecule has 1 saturated heterocycles. The second-order valence-corrected chi connectivity index (χ2v) is 3.19. The third kappa shape index (κ3) is 1.77. The smallest absolute Gasteiger partial charge is 0.0995 e. The van der Waals surface area contributed by atoms with Gasteiger partial charge in [0.2, 0.25) is 0 Å². The van der Waals surface area contributed by atoms with Gasteiger partial charge in [0.05, 0.1) is 24.3 Å². The van der Waals surface area contributed by atoms with Gasteiger partial charge >= 0.3 is 0 Å². The molecule has 1 fully saturated rings. The number of benzene rings is 1. The van der Waals surface area contributed by atoms with Crippen molar-refractivity contribution in [1.29, 1.82) is 5.26 Å². The van der Waals surface area contributed by atoms with Crippen LogP contribution in [0.5, 0.6) is 0 Å². The van der Waals surface area contributed by atoms with Crippen LogP contribution < -0.4 is 5.32 Å². The molecule has 1 radical (unpaired) electrons. The largest absolute Gasteiger partial charge is 0.371 e. The Morgan fingerprint density at radius 3 is 3.00 bits per heavy atom. The average Bonchev–Trinajstić information content (AvgIpc) is 2.30. The Bertz CT molecular complexity index is 351. The molecule has 0 aliphatic carbocycles. The summed E-state index contributed by atoms with van der Waals surface area (Å²) < 4.78 is 5.56. The summed E-state index contributed by atoms with van der Waals surface area (Å²) in [5, 5.41) is 13.2.